The number of anilines is 1. The maximum Gasteiger partial charge on any atom is 0.225 e. The van der Waals surface area contributed by atoms with Gasteiger partial charge in [-0.2, -0.15) is 0 Å². The first kappa shape index (κ1) is 19.4. The first-order valence-electron chi connectivity index (χ1n) is 9.52. The molecule has 1 amide bonds. The predicted molar refractivity (Wildman–Crippen MR) is 116 cm³/mol. The molecule has 0 atom stereocenters. The minimum atomic E-state index is 0.0654. The number of carbonyl (C=O) groups excluding carboxylic acids is 1. The molecule has 3 rings (SSSR count). The van der Waals surface area contributed by atoms with Crippen molar-refractivity contribution >= 4 is 34.3 Å². The lowest BCUT2D eigenvalue weighted by molar-refractivity contribution is -0.115. The molecule has 0 saturated heterocycles. The summed E-state index contributed by atoms with van der Waals surface area (Å²) >= 11 is 1.64. The maximum absolute atomic E-state index is 12.5. The van der Waals surface area contributed by atoms with Gasteiger partial charge in [-0.25, -0.2) is 4.98 Å². The Balaban J connectivity index is 1.62. The summed E-state index contributed by atoms with van der Waals surface area (Å²) in [5, 5.41) is 5.29. The van der Waals surface area contributed by atoms with E-state index in [2.05, 4.69) is 56.4 Å². The Morgan fingerprint density at radius 1 is 1.04 bits per heavy atom. The second-order valence-corrected chi connectivity index (χ2v) is 7.71. The van der Waals surface area contributed by atoms with Crippen LogP contribution in [0, 0.1) is 6.92 Å². The Bertz CT molecular complexity index is 930. The molecule has 3 nitrogen and oxygen atoms in total. The summed E-state index contributed by atoms with van der Waals surface area (Å²) in [5.74, 6) is 0.780. The van der Waals surface area contributed by atoms with Gasteiger partial charge in [-0.3, -0.25) is 4.79 Å². The average Bonchev–Trinajstić information content (AvgIpc) is 2.68. The molecule has 1 heterocycles. The van der Waals surface area contributed by atoms with Gasteiger partial charge in [-0.15, -0.1) is 11.8 Å². The number of nitrogens with zero attached hydrogens (tertiary/aromatic N) is 1. The predicted octanol–water partition coefficient (Wildman–Crippen LogP) is 5.79. The van der Waals surface area contributed by atoms with E-state index in [1.54, 1.807) is 11.8 Å². The number of para-hydroxylation sites is 2. The molecule has 0 bridgehead atoms. The van der Waals surface area contributed by atoms with Crippen LogP contribution in [0.4, 0.5) is 5.69 Å². The van der Waals surface area contributed by atoms with Crippen molar-refractivity contribution in [2.75, 3.05) is 11.1 Å². The minimum absolute atomic E-state index is 0.0654. The first-order chi connectivity index (χ1) is 13.1. The van der Waals surface area contributed by atoms with Gasteiger partial charge in [0.1, 0.15) is 0 Å². The van der Waals surface area contributed by atoms with E-state index in [1.165, 1.54) is 22.1 Å². The standard InChI is InChI=1S/C23H26N2OS/c1-4-17-9-8-10-18(5-2)23(17)25-21(26)13-14-27-22-15-16(3)19-11-6-7-12-20(19)24-22/h6-12,15H,4-5,13-14H2,1-3H3,(H,25,26). The zero-order valence-electron chi connectivity index (χ0n) is 16.2. The van der Waals surface area contributed by atoms with Crippen LogP contribution >= 0.6 is 11.8 Å². The van der Waals surface area contributed by atoms with Gasteiger partial charge in [0.25, 0.3) is 0 Å². The van der Waals surface area contributed by atoms with E-state index in [0.717, 1.165) is 29.1 Å². The maximum atomic E-state index is 12.5. The van der Waals surface area contributed by atoms with Gasteiger partial charge < -0.3 is 5.32 Å². The lowest BCUT2D eigenvalue weighted by atomic mass is 10.0. The molecule has 0 aliphatic carbocycles. The molecule has 2 aromatic carbocycles. The van der Waals surface area contributed by atoms with Crippen LogP contribution in [0.1, 0.15) is 37.0 Å². The highest BCUT2D eigenvalue weighted by molar-refractivity contribution is 7.99. The fraction of sp³-hybridized carbons (Fsp3) is 0.304. The number of hydrogen-bond donors (Lipinski definition) is 1. The molecule has 0 unspecified atom stereocenters. The van der Waals surface area contributed by atoms with Crippen LogP contribution in [0.5, 0.6) is 0 Å². The van der Waals surface area contributed by atoms with E-state index < -0.39 is 0 Å². The van der Waals surface area contributed by atoms with Gasteiger partial charge in [0.2, 0.25) is 5.91 Å². The summed E-state index contributed by atoms with van der Waals surface area (Å²) in [7, 11) is 0. The Morgan fingerprint density at radius 3 is 2.44 bits per heavy atom. The Morgan fingerprint density at radius 2 is 1.74 bits per heavy atom. The van der Waals surface area contributed by atoms with Gasteiger partial charge in [-0.05, 0) is 48.6 Å². The number of rotatable bonds is 7. The molecule has 0 spiro atoms. The molecular formula is C23H26N2OS. The molecule has 0 radical (unpaired) electrons. The van der Waals surface area contributed by atoms with Crippen LogP contribution in [0.3, 0.4) is 0 Å². The summed E-state index contributed by atoms with van der Waals surface area (Å²) in [6, 6.07) is 16.5. The lowest BCUT2D eigenvalue weighted by Crippen LogP contribution is -2.15. The number of nitrogens with one attached hydrogen (secondary N) is 1. The molecule has 1 N–H and O–H groups in total. The number of hydrogen-bond acceptors (Lipinski definition) is 3. The molecule has 1 aromatic heterocycles. The molecule has 4 heteroatoms. The Kier molecular flexibility index (Phi) is 6.51. The largest absolute Gasteiger partial charge is 0.326 e. The van der Waals surface area contributed by atoms with E-state index in [1.807, 2.05) is 18.2 Å². The highest BCUT2D eigenvalue weighted by Crippen LogP contribution is 2.25. The van der Waals surface area contributed by atoms with Gasteiger partial charge in [-0.1, -0.05) is 50.2 Å². The van der Waals surface area contributed by atoms with Crippen molar-refractivity contribution in [3.8, 4) is 0 Å². The third kappa shape index (κ3) is 4.69. The summed E-state index contributed by atoms with van der Waals surface area (Å²) in [4.78, 5) is 17.2. The monoisotopic (exact) mass is 378 g/mol. The number of fused-ring (bicyclic) bond motifs is 1. The highest BCUT2D eigenvalue weighted by Gasteiger charge is 2.10. The number of thioether (sulfide) groups is 1. The molecule has 140 valence electrons. The van der Waals surface area contributed by atoms with Crippen molar-refractivity contribution in [3.63, 3.8) is 0 Å². The van der Waals surface area contributed by atoms with E-state index in [4.69, 9.17) is 4.98 Å². The van der Waals surface area contributed by atoms with Crippen LogP contribution in [0.15, 0.2) is 53.6 Å². The zero-order valence-corrected chi connectivity index (χ0v) is 17.0. The fourth-order valence-corrected chi connectivity index (χ4v) is 4.17. The normalized spacial score (nSPS) is 10.9. The second-order valence-electron chi connectivity index (χ2n) is 6.60. The molecule has 0 saturated carbocycles. The topological polar surface area (TPSA) is 42.0 Å². The van der Waals surface area contributed by atoms with Crippen molar-refractivity contribution in [1.29, 1.82) is 0 Å². The van der Waals surface area contributed by atoms with Gasteiger partial charge in [0, 0.05) is 23.2 Å². The summed E-state index contributed by atoms with van der Waals surface area (Å²) < 4.78 is 0. The molecule has 3 aromatic rings. The molecule has 0 fully saturated rings. The zero-order chi connectivity index (χ0) is 19.2. The van der Waals surface area contributed by atoms with Crippen LogP contribution in [-0.4, -0.2) is 16.6 Å². The SMILES string of the molecule is CCc1cccc(CC)c1NC(=O)CCSc1cc(C)c2ccccc2n1. The summed E-state index contributed by atoms with van der Waals surface area (Å²) in [6.45, 7) is 6.34. The third-order valence-corrected chi connectivity index (χ3v) is 5.66. The van der Waals surface area contributed by atoms with E-state index in [0.29, 0.717) is 12.2 Å². The van der Waals surface area contributed by atoms with Crippen LogP contribution in [-0.2, 0) is 17.6 Å². The molecule has 27 heavy (non-hydrogen) atoms. The Hall–Kier alpha value is -2.33. The summed E-state index contributed by atoms with van der Waals surface area (Å²) in [6.07, 6.45) is 2.30. The second kappa shape index (κ2) is 9.05. The van der Waals surface area contributed by atoms with E-state index in [9.17, 15) is 4.79 Å². The lowest BCUT2D eigenvalue weighted by Gasteiger charge is -2.14. The van der Waals surface area contributed by atoms with Crippen molar-refractivity contribution in [3.05, 3.63) is 65.2 Å². The van der Waals surface area contributed by atoms with Crippen LogP contribution in [0.2, 0.25) is 0 Å². The van der Waals surface area contributed by atoms with Crippen molar-refractivity contribution in [1.82, 2.24) is 4.98 Å². The quantitative estimate of drug-likeness (QED) is 0.529. The smallest absolute Gasteiger partial charge is 0.225 e. The van der Waals surface area contributed by atoms with Gasteiger partial charge >= 0.3 is 0 Å². The van der Waals surface area contributed by atoms with Crippen molar-refractivity contribution in [2.24, 2.45) is 0 Å². The van der Waals surface area contributed by atoms with Crippen LogP contribution in [0.25, 0.3) is 10.9 Å². The number of carbonyl (C=O) groups is 1. The van der Waals surface area contributed by atoms with Gasteiger partial charge in [0.05, 0.1) is 10.5 Å². The highest BCUT2D eigenvalue weighted by atomic mass is 32.2. The van der Waals surface area contributed by atoms with E-state index >= 15 is 0 Å². The van der Waals surface area contributed by atoms with Crippen molar-refractivity contribution in [2.45, 2.75) is 45.1 Å². The number of amides is 1. The van der Waals surface area contributed by atoms with E-state index in [-0.39, 0.29) is 5.91 Å². The number of aryl methyl sites for hydroxylation is 3. The first-order valence-corrected chi connectivity index (χ1v) is 10.5. The van der Waals surface area contributed by atoms with Gasteiger partial charge in [0.15, 0.2) is 0 Å². The number of pyridine rings is 1. The number of aromatic nitrogens is 1. The van der Waals surface area contributed by atoms with Crippen LogP contribution < -0.4 is 5.32 Å². The molecule has 0 aliphatic rings. The summed E-state index contributed by atoms with van der Waals surface area (Å²) in [5.41, 5.74) is 5.62. The third-order valence-electron chi connectivity index (χ3n) is 4.74. The Labute approximate surface area is 165 Å². The molecular weight excluding hydrogens is 352 g/mol. The minimum Gasteiger partial charge on any atom is -0.326 e. The average molecular weight is 379 g/mol. The molecule has 0 aliphatic heterocycles. The van der Waals surface area contributed by atoms with Crippen molar-refractivity contribution < 1.29 is 4.79 Å². The fourth-order valence-electron chi connectivity index (χ4n) is 3.25. The number of benzene rings is 2.